The van der Waals surface area contributed by atoms with Crippen molar-refractivity contribution in [2.75, 3.05) is 0 Å². The van der Waals surface area contributed by atoms with Crippen LogP contribution >= 0.6 is 11.3 Å². The lowest BCUT2D eigenvalue weighted by atomic mass is 10.1. The first-order valence-corrected chi connectivity index (χ1v) is 6.28. The minimum absolute atomic E-state index is 0.355. The third kappa shape index (κ3) is 1.64. The van der Waals surface area contributed by atoms with E-state index >= 15 is 0 Å². The molecule has 2 heterocycles. The number of nitrogens with zero attached hydrogens (tertiary/aromatic N) is 1. The molecule has 2 aromatic heterocycles. The second-order valence-corrected chi connectivity index (χ2v) is 4.85. The Labute approximate surface area is 106 Å². The van der Waals surface area contributed by atoms with E-state index < -0.39 is 5.69 Å². The van der Waals surface area contributed by atoms with Crippen LogP contribution in [0.5, 0.6) is 0 Å². The molecule has 0 fully saturated rings. The van der Waals surface area contributed by atoms with Crippen molar-refractivity contribution in [3.63, 3.8) is 0 Å². The van der Waals surface area contributed by atoms with Crippen molar-refractivity contribution < 1.29 is 4.39 Å². The molecule has 3 nitrogen and oxygen atoms in total. The third-order valence-electron chi connectivity index (χ3n) is 2.78. The SMILES string of the molecule is Cc1csc2nc(=O)[nH]c(-c3ccccc3F)c12. The fourth-order valence-electron chi connectivity index (χ4n) is 1.97. The Morgan fingerprint density at radius 3 is 2.89 bits per heavy atom. The number of rotatable bonds is 1. The quantitative estimate of drug-likeness (QED) is 0.730. The molecule has 0 radical (unpaired) electrons. The maximum absolute atomic E-state index is 13.8. The Bertz CT molecular complexity index is 791. The molecule has 1 aromatic carbocycles. The predicted molar refractivity (Wildman–Crippen MR) is 70.4 cm³/mol. The van der Waals surface area contributed by atoms with Gasteiger partial charge in [0.25, 0.3) is 0 Å². The van der Waals surface area contributed by atoms with E-state index in [1.54, 1.807) is 18.2 Å². The molecule has 0 saturated heterocycles. The van der Waals surface area contributed by atoms with Gasteiger partial charge in [-0.05, 0) is 30.0 Å². The zero-order valence-electron chi connectivity index (χ0n) is 9.53. The summed E-state index contributed by atoms with van der Waals surface area (Å²) < 4.78 is 13.8. The Morgan fingerprint density at radius 1 is 1.33 bits per heavy atom. The average molecular weight is 260 g/mol. The van der Waals surface area contributed by atoms with Crippen molar-refractivity contribution in [1.82, 2.24) is 9.97 Å². The minimum Gasteiger partial charge on any atom is -0.305 e. The van der Waals surface area contributed by atoms with Gasteiger partial charge in [-0.25, -0.2) is 9.18 Å². The lowest BCUT2D eigenvalue weighted by molar-refractivity contribution is 0.631. The first-order valence-electron chi connectivity index (χ1n) is 5.40. The lowest BCUT2D eigenvalue weighted by Crippen LogP contribution is -2.11. The molecule has 3 rings (SSSR count). The molecule has 0 aliphatic heterocycles. The van der Waals surface area contributed by atoms with E-state index in [1.165, 1.54) is 17.4 Å². The molecule has 0 unspecified atom stereocenters. The number of aryl methyl sites for hydroxylation is 1. The van der Waals surface area contributed by atoms with Crippen molar-refractivity contribution in [1.29, 1.82) is 0 Å². The topological polar surface area (TPSA) is 45.8 Å². The van der Waals surface area contributed by atoms with Crippen molar-refractivity contribution >= 4 is 21.6 Å². The lowest BCUT2D eigenvalue weighted by Gasteiger charge is -2.05. The van der Waals surface area contributed by atoms with Crippen LogP contribution in [0.4, 0.5) is 4.39 Å². The summed E-state index contributed by atoms with van der Waals surface area (Å²) in [5.74, 6) is -0.355. The van der Waals surface area contributed by atoms with Crippen molar-refractivity contribution in [2.24, 2.45) is 0 Å². The van der Waals surface area contributed by atoms with Crippen LogP contribution in [0.25, 0.3) is 21.5 Å². The van der Waals surface area contributed by atoms with Gasteiger partial charge >= 0.3 is 5.69 Å². The maximum atomic E-state index is 13.8. The van der Waals surface area contributed by atoms with Crippen LogP contribution in [0.3, 0.4) is 0 Å². The van der Waals surface area contributed by atoms with Gasteiger partial charge in [0.1, 0.15) is 10.6 Å². The maximum Gasteiger partial charge on any atom is 0.346 e. The first-order chi connectivity index (χ1) is 8.66. The summed E-state index contributed by atoms with van der Waals surface area (Å²) in [6, 6.07) is 6.39. The number of H-pyrrole nitrogens is 1. The molecule has 0 amide bonds. The number of aromatic amines is 1. The highest BCUT2D eigenvalue weighted by molar-refractivity contribution is 7.17. The molecule has 0 spiro atoms. The molecular formula is C13H9FN2OS. The molecule has 0 aliphatic rings. The predicted octanol–water partition coefficient (Wildman–Crippen LogP) is 3.10. The summed E-state index contributed by atoms with van der Waals surface area (Å²) in [7, 11) is 0. The van der Waals surface area contributed by atoms with Crippen LogP contribution in [0, 0.1) is 12.7 Å². The van der Waals surface area contributed by atoms with Crippen molar-refractivity contribution in [2.45, 2.75) is 6.92 Å². The number of thiophene rings is 1. The van der Waals surface area contributed by atoms with Crippen LogP contribution < -0.4 is 5.69 Å². The van der Waals surface area contributed by atoms with Gasteiger partial charge in [0.2, 0.25) is 0 Å². The number of fused-ring (bicyclic) bond motifs is 1. The van der Waals surface area contributed by atoms with Gasteiger partial charge in [-0.3, -0.25) is 0 Å². The van der Waals surface area contributed by atoms with Crippen LogP contribution in [0.1, 0.15) is 5.56 Å². The summed E-state index contributed by atoms with van der Waals surface area (Å²) >= 11 is 1.39. The number of nitrogens with one attached hydrogen (secondary N) is 1. The van der Waals surface area contributed by atoms with Crippen LogP contribution in [-0.2, 0) is 0 Å². The van der Waals surface area contributed by atoms with Gasteiger partial charge in [-0.15, -0.1) is 11.3 Å². The van der Waals surface area contributed by atoms with E-state index in [-0.39, 0.29) is 5.82 Å². The number of benzene rings is 1. The van der Waals surface area contributed by atoms with Gasteiger partial charge in [0.15, 0.2) is 0 Å². The summed E-state index contributed by atoms with van der Waals surface area (Å²) in [6.07, 6.45) is 0. The highest BCUT2D eigenvalue weighted by Gasteiger charge is 2.13. The largest absolute Gasteiger partial charge is 0.346 e. The van der Waals surface area contributed by atoms with Gasteiger partial charge in [0.05, 0.1) is 5.69 Å². The highest BCUT2D eigenvalue weighted by Crippen LogP contribution is 2.31. The molecule has 5 heteroatoms. The molecule has 18 heavy (non-hydrogen) atoms. The normalized spacial score (nSPS) is 11.0. The Kier molecular flexibility index (Phi) is 2.48. The first kappa shape index (κ1) is 11.1. The van der Waals surface area contributed by atoms with Gasteiger partial charge in [-0.1, -0.05) is 12.1 Å². The Morgan fingerprint density at radius 2 is 2.11 bits per heavy atom. The molecule has 0 saturated carbocycles. The van der Waals surface area contributed by atoms with Crippen LogP contribution in [-0.4, -0.2) is 9.97 Å². The van der Waals surface area contributed by atoms with E-state index in [9.17, 15) is 9.18 Å². The Hall–Kier alpha value is -2.01. The smallest absolute Gasteiger partial charge is 0.305 e. The standard InChI is InChI=1S/C13H9FN2OS/c1-7-6-18-12-10(7)11(15-13(17)16-12)8-4-2-3-5-9(8)14/h2-6H,1H3,(H,15,16,17). The number of hydrogen-bond donors (Lipinski definition) is 1. The monoisotopic (exact) mass is 260 g/mol. The summed E-state index contributed by atoms with van der Waals surface area (Å²) in [6.45, 7) is 1.92. The Balaban J connectivity index is 2.45. The molecular weight excluding hydrogens is 251 g/mol. The summed E-state index contributed by atoms with van der Waals surface area (Å²) in [4.78, 5) is 18.7. The van der Waals surface area contributed by atoms with Gasteiger partial charge in [0, 0.05) is 10.9 Å². The second kappa shape index (κ2) is 4.03. The fraction of sp³-hybridized carbons (Fsp3) is 0.0769. The average Bonchev–Trinajstić information content (AvgIpc) is 2.71. The minimum atomic E-state index is -0.456. The third-order valence-corrected chi connectivity index (χ3v) is 3.77. The molecule has 90 valence electrons. The summed E-state index contributed by atoms with van der Waals surface area (Å²) in [5, 5.41) is 2.72. The second-order valence-electron chi connectivity index (χ2n) is 4.00. The zero-order valence-corrected chi connectivity index (χ0v) is 10.3. The molecule has 0 atom stereocenters. The van der Waals surface area contributed by atoms with Gasteiger partial charge in [-0.2, -0.15) is 4.98 Å². The highest BCUT2D eigenvalue weighted by atomic mass is 32.1. The van der Waals surface area contributed by atoms with Crippen LogP contribution in [0.2, 0.25) is 0 Å². The number of hydrogen-bond acceptors (Lipinski definition) is 3. The van der Waals surface area contributed by atoms with E-state index in [0.29, 0.717) is 16.1 Å². The van der Waals surface area contributed by atoms with E-state index in [4.69, 9.17) is 0 Å². The molecule has 0 bridgehead atoms. The number of aromatic nitrogens is 2. The fourth-order valence-corrected chi connectivity index (χ4v) is 2.90. The van der Waals surface area contributed by atoms with Gasteiger partial charge < -0.3 is 4.98 Å². The van der Waals surface area contributed by atoms with Crippen molar-refractivity contribution in [3.8, 4) is 11.3 Å². The van der Waals surface area contributed by atoms with Crippen LogP contribution in [0.15, 0.2) is 34.4 Å². The molecule has 1 N–H and O–H groups in total. The number of halogens is 1. The van der Waals surface area contributed by atoms with Crippen molar-refractivity contribution in [3.05, 3.63) is 51.5 Å². The van der Waals surface area contributed by atoms with E-state index in [0.717, 1.165) is 10.9 Å². The molecule has 3 aromatic rings. The summed E-state index contributed by atoms with van der Waals surface area (Å²) in [5.41, 5.74) is 1.42. The molecule has 0 aliphatic carbocycles. The van der Waals surface area contributed by atoms with E-state index in [2.05, 4.69) is 9.97 Å². The zero-order chi connectivity index (χ0) is 12.7. The van der Waals surface area contributed by atoms with E-state index in [1.807, 2.05) is 12.3 Å².